The molecule has 144 valence electrons. The fourth-order valence-electron chi connectivity index (χ4n) is 3.59. The fourth-order valence-corrected chi connectivity index (χ4v) is 3.59. The summed E-state index contributed by atoms with van der Waals surface area (Å²) in [6.45, 7) is 8.51. The van der Waals surface area contributed by atoms with Crippen molar-refractivity contribution in [3.8, 4) is 0 Å². The molecular formula is C22H34N2O2. The van der Waals surface area contributed by atoms with E-state index in [0.717, 1.165) is 36.9 Å². The standard InChI is InChI=1S/C22H34N2O2/c1-4-6-7-18(5-2)16-23-22(26)24-14-12-20(13-15-24)21(25)19-10-8-17(3)9-11-19/h8-11,18,20H,4-7,12-16H2,1-3H3,(H,23,26). The summed E-state index contributed by atoms with van der Waals surface area (Å²) in [4.78, 5) is 26.9. The Morgan fingerprint density at radius 2 is 1.81 bits per heavy atom. The van der Waals surface area contributed by atoms with Crippen LogP contribution < -0.4 is 5.32 Å². The molecule has 1 aromatic rings. The molecule has 1 unspecified atom stereocenters. The van der Waals surface area contributed by atoms with Crippen molar-refractivity contribution < 1.29 is 9.59 Å². The Balaban J connectivity index is 1.77. The molecule has 2 amide bonds. The number of rotatable bonds is 8. The van der Waals surface area contributed by atoms with Gasteiger partial charge in [-0.2, -0.15) is 0 Å². The van der Waals surface area contributed by atoms with E-state index in [1.165, 1.54) is 19.3 Å². The molecule has 1 N–H and O–H groups in total. The van der Waals surface area contributed by atoms with Crippen LogP contribution in [-0.4, -0.2) is 36.3 Å². The second-order valence-electron chi connectivity index (χ2n) is 7.59. The van der Waals surface area contributed by atoms with Crippen molar-refractivity contribution in [3.63, 3.8) is 0 Å². The predicted molar refractivity (Wildman–Crippen MR) is 107 cm³/mol. The van der Waals surface area contributed by atoms with Gasteiger partial charge < -0.3 is 10.2 Å². The third kappa shape index (κ3) is 5.86. The van der Waals surface area contributed by atoms with E-state index in [-0.39, 0.29) is 17.7 Å². The summed E-state index contributed by atoms with van der Waals surface area (Å²) in [5, 5.41) is 3.10. The van der Waals surface area contributed by atoms with Crippen LogP contribution in [0.3, 0.4) is 0 Å². The van der Waals surface area contributed by atoms with Crippen LogP contribution in [0.25, 0.3) is 0 Å². The van der Waals surface area contributed by atoms with E-state index < -0.39 is 0 Å². The molecule has 26 heavy (non-hydrogen) atoms. The lowest BCUT2D eigenvalue weighted by atomic mass is 9.89. The largest absolute Gasteiger partial charge is 0.338 e. The Morgan fingerprint density at radius 1 is 1.15 bits per heavy atom. The normalized spacial score (nSPS) is 16.3. The zero-order valence-electron chi connectivity index (χ0n) is 16.6. The number of ketones is 1. The minimum atomic E-state index is 0.0289. The molecule has 4 nitrogen and oxygen atoms in total. The van der Waals surface area contributed by atoms with Gasteiger partial charge in [0.05, 0.1) is 0 Å². The van der Waals surface area contributed by atoms with Crippen molar-refractivity contribution >= 4 is 11.8 Å². The van der Waals surface area contributed by atoms with Crippen molar-refractivity contribution in [1.82, 2.24) is 10.2 Å². The number of piperidine rings is 1. The lowest BCUT2D eigenvalue weighted by Gasteiger charge is -2.32. The van der Waals surface area contributed by atoms with Crippen LogP contribution >= 0.6 is 0 Å². The van der Waals surface area contributed by atoms with Gasteiger partial charge in [0.15, 0.2) is 5.78 Å². The molecule has 0 radical (unpaired) electrons. The van der Waals surface area contributed by atoms with E-state index in [4.69, 9.17) is 0 Å². The Labute approximate surface area is 158 Å². The summed E-state index contributed by atoms with van der Waals surface area (Å²) >= 11 is 0. The Kier molecular flexibility index (Phi) is 8.14. The van der Waals surface area contributed by atoms with E-state index >= 15 is 0 Å². The van der Waals surface area contributed by atoms with Crippen LogP contribution in [0.2, 0.25) is 0 Å². The zero-order valence-corrected chi connectivity index (χ0v) is 16.6. The predicted octanol–water partition coefficient (Wildman–Crippen LogP) is 4.82. The Morgan fingerprint density at radius 3 is 2.38 bits per heavy atom. The van der Waals surface area contributed by atoms with Gasteiger partial charge in [-0.3, -0.25) is 4.79 Å². The van der Waals surface area contributed by atoms with Gasteiger partial charge in [0.25, 0.3) is 0 Å². The highest BCUT2D eigenvalue weighted by atomic mass is 16.2. The number of nitrogens with zero attached hydrogens (tertiary/aromatic N) is 1. The van der Waals surface area contributed by atoms with Gasteiger partial charge in [-0.05, 0) is 32.1 Å². The first kappa shape index (κ1) is 20.5. The van der Waals surface area contributed by atoms with Crippen molar-refractivity contribution in [2.45, 2.75) is 59.3 Å². The quantitative estimate of drug-likeness (QED) is 0.678. The molecule has 1 saturated heterocycles. The van der Waals surface area contributed by atoms with Crippen LogP contribution in [0.1, 0.15) is 68.3 Å². The highest BCUT2D eigenvalue weighted by Gasteiger charge is 2.28. The molecular weight excluding hydrogens is 324 g/mol. The number of urea groups is 1. The van der Waals surface area contributed by atoms with Crippen LogP contribution in [0.15, 0.2) is 24.3 Å². The summed E-state index contributed by atoms with van der Waals surface area (Å²) in [6, 6.07) is 7.83. The summed E-state index contributed by atoms with van der Waals surface area (Å²) in [5.74, 6) is 0.824. The smallest absolute Gasteiger partial charge is 0.317 e. The Bertz CT molecular complexity index is 574. The molecule has 0 saturated carbocycles. The average Bonchev–Trinajstić information content (AvgIpc) is 2.68. The number of benzene rings is 1. The maximum Gasteiger partial charge on any atom is 0.317 e. The number of unbranched alkanes of at least 4 members (excludes halogenated alkanes) is 1. The van der Waals surface area contributed by atoms with Gasteiger partial charge in [0.2, 0.25) is 0 Å². The first-order valence-corrected chi connectivity index (χ1v) is 10.2. The number of nitrogens with one attached hydrogen (secondary N) is 1. The number of carbonyl (C=O) groups excluding carboxylic acids is 2. The van der Waals surface area contributed by atoms with Crippen molar-refractivity contribution in [2.24, 2.45) is 11.8 Å². The van der Waals surface area contributed by atoms with Gasteiger partial charge >= 0.3 is 6.03 Å². The molecule has 1 heterocycles. The number of aryl methyl sites for hydroxylation is 1. The van der Waals surface area contributed by atoms with Crippen molar-refractivity contribution in [1.29, 1.82) is 0 Å². The number of Topliss-reactive ketones (excluding diaryl/α,β-unsaturated/α-hetero) is 1. The highest BCUT2D eigenvalue weighted by molar-refractivity contribution is 5.98. The van der Waals surface area contributed by atoms with Crippen molar-refractivity contribution in [2.75, 3.05) is 19.6 Å². The summed E-state index contributed by atoms with van der Waals surface area (Å²) in [6.07, 6.45) is 6.22. The lowest BCUT2D eigenvalue weighted by molar-refractivity contribution is 0.0854. The van der Waals surface area contributed by atoms with Gasteiger partial charge in [-0.15, -0.1) is 0 Å². The molecule has 0 bridgehead atoms. The zero-order chi connectivity index (χ0) is 18.9. The molecule has 0 aromatic heterocycles. The average molecular weight is 359 g/mol. The van der Waals surface area contributed by atoms with Crippen molar-refractivity contribution in [3.05, 3.63) is 35.4 Å². The first-order valence-electron chi connectivity index (χ1n) is 10.2. The van der Waals surface area contributed by atoms with E-state index in [1.54, 1.807) is 0 Å². The molecule has 2 rings (SSSR count). The van der Waals surface area contributed by atoms with Gasteiger partial charge in [0, 0.05) is 31.1 Å². The topological polar surface area (TPSA) is 49.4 Å². The first-order chi connectivity index (χ1) is 12.5. The highest BCUT2D eigenvalue weighted by Crippen LogP contribution is 2.22. The molecule has 1 aromatic carbocycles. The van der Waals surface area contributed by atoms with Crippen LogP contribution in [0.4, 0.5) is 4.79 Å². The Hall–Kier alpha value is -1.84. The fraction of sp³-hybridized carbons (Fsp3) is 0.636. The SMILES string of the molecule is CCCCC(CC)CNC(=O)N1CCC(C(=O)c2ccc(C)cc2)CC1. The maximum absolute atomic E-state index is 12.6. The third-order valence-electron chi connectivity index (χ3n) is 5.57. The number of amides is 2. The molecule has 1 aliphatic rings. The van der Waals surface area contributed by atoms with E-state index in [2.05, 4.69) is 19.2 Å². The van der Waals surface area contributed by atoms with E-state index in [0.29, 0.717) is 19.0 Å². The van der Waals surface area contributed by atoms with Crippen LogP contribution in [0, 0.1) is 18.8 Å². The lowest BCUT2D eigenvalue weighted by Crippen LogP contribution is -2.46. The van der Waals surface area contributed by atoms with Gasteiger partial charge in [0.1, 0.15) is 0 Å². The minimum absolute atomic E-state index is 0.0289. The third-order valence-corrected chi connectivity index (χ3v) is 5.57. The summed E-state index contributed by atoms with van der Waals surface area (Å²) < 4.78 is 0. The molecule has 0 spiro atoms. The summed E-state index contributed by atoms with van der Waals surface area (Å²) in [7, 11) is 0. The molecule has 1 atom stereocenters. The molecule has 0 aliphatic carbocycles. The number of carbonyl (C=O) groups is 2. The minimum Gasteiger partial charge on any atom is -0.338 e. The molecule has 1 aliphatic heterocycles. The van der Waals surface area contributed by atoms with Gasteiger partial charge in [-0.1, -0.05) is 62.9 Å². The monoisotopic (exact) mass is 358 g/mol. The van der Waals surface area contributed by atoms with Gasteiger partial charge in [-0.25, -0.2) is 4.79 Å². The molecule has 1 fully saturated rings. The van der Waals surface area contributed by atoms with Crippen LogP contribution in [0.5, 0.6) is 0 Å². The second kappa shape index (κ2) is 10.3. The number of hydrogen-bond acceptors (Lipinski definition) is 2. The number of likely N-dealkylation sites (tertiary alicyclic amines) is 1. The molecule has 4 heteroatoms. The summed E-state index contributed by atoms with van der Waals surface area (Å²) in [5.41, 5.74) is 1.96. The second-order valence-corrected chi connectivity index (χ2v) is 7.59. The van der Waals surface area contributed by atoms with E-state index in [9.17, 15) is 9.59 Å². The number of hydrogen-bond donors (Lipinski definition) is 1. The van der Waals surface area contributed by atoms with Crippen LogP contribution in [-0.2, 0) is 0 Å². The maximum atomic E-state index is 12.6. The van der Waals surface area contributed by atoms with E-state index in [1.807, 2.05) is 36.1 Å².